The number of anilines is 1. The van der Waals surface area contributed by atoms with Crippen LogP contribution >= 0.6 is 46.5 Å². The minimum absolute atomic E-state index is 0.0510. The van der Waals surface area contributed by atoms with Gasteiger partial charge in [-0.15, -0.1) is 23.5 Å². The Morgan fingerprint density at radius 2 is 1.97 bits per heavy atom. The molecular formula is C23H20ClN3OS3. The molecule has 2 heterocycles. The predicted octanol–water partition coefficient (Wildman–Crippen LogP) is 6.78. The zero-order valence-corrected chi connectivity index (χ0v) is 20.0. The molecule has 0 fully saturated rings. The number of carbonyl (C=O) groups is 1. The maximum Gasteiger partial charge on any atom is 0.229 e. The van der Waals surface area contributed by atoms with Crippen molar-refractivity contribution in [3.63, 3.8) is 0 Å². The second kappa shape index (κ2) is 10.5. The fourth-order valence-corrected chi connectivity index (χ4v) is 5.65. The van der Waals surface area contributed by atoms with E-state index >= 15 is 0 Å². The highest BCUT2D eigenvalue weighted by Gasteiger charge is 2.21. The number of halogens is 1. The Hall–Kier alpha value is -2.06. The molecule has 0 bridgehead atoms. The first-order valence-electron chi connectivity index (χ1n) is 9.65. The van der Waals surface area contributed by atoms with Crippen molar-refractivity contribution in [2.45, 2.75) is 22.8 Å². The minimum atomic E-state index is 0.0510. The summed E-state index contributed by atoms with van der Waals surface area (Å²) in [6.45, 7) is 0.451. The SMILES string of the molecule is CSc1cccc2sc(N(Cc3cccnc3)C(=O)CCSc3ccc(Cl)cc3)nc12. The molecule has 4 rings (SSSR count). The van der Waals surface area contributed by atoms with Crippen LogP contribution in [0.3, 0.4) is 0 Å². The lowest BCUT2D eigenvalue weighted by atomic mass is 10.2. The zero-order chi connectivity index (χ0) is 21.6. The third-order valence-corrected chi connectivity index (χ3v) is 7.66. The van der Waals surface area contributed by atoms with Gasteiger partial charge in [0.05, 0.1) is 16.8 Å². The molecule has 0 spiro atoms. The number of pyridine rings is 1. The average Bonchev–Trinajstić information content (AvgIpc) is 3.23. The summed E-state index contributed by atoms with van der Waals surface area (Å²) in [7, 11) is 0. The maximum atomic E-state index is 13.3. The Morgan fingerprint density at radius 3 is 2.71 bits per heavy atom. The number of benzene rings is 2. The van der Waals surface area contributed by atoms with Crippen LogP contribution in [0.25, 0.3) is 10.2 Å². The Bertz CT molecular complexity index is 1170. The third kappa shape index (κ3) is 5.60. The molecule has 4 nitrogen and oxygen atoms in total. The van der Waals surface area contributed by atoms with Crippen LogP contribution in [0.2, 0.25) is 5.02 Å². The molecule has 0 aliphatic carbocycles. The smallest absolute Gasteiger partial charge is 0.229 e. The van der Waals surface area contributed by atoms with Crippen molar-refractivity contribution in [3.05, 3.63) is 77.6 Å². The lowest BCUT2D eigenvalue weighted by Gasteiger charge is -2.20. The third-order valence-electron chi connectivity index (χ3n) is 4.58. The first-order chi connectivity index (χ1) is 15.1. The summed E-state index contributed by atoms with van der Waals surface area (Å²) in [6.07, 6.45) is 5.99. The summed E-state index contributed by atoms with van der Waals surface area (Å²) in [5.74, 6) is 0.736. The number of aromatic nitrogens is 2. The molecule has 2 aromatic carbocycles. The van der Waals surface area contributed by atoms with Crippen LogP contribution < -0.4 is 4.90 Å². The topological polar surface area (TPSA) is 46.1 Å². The molecule has 4 aromatic rings. The summed E-state index contributed by atoms with van der Waals surface area (Å²) in [5, 5.41) is 1.44. The summed E-state index contributed by atoms with van der Waals surface area (Å²) in [4.78, 5) is 26.3. The monoisotopic (exact) mass is 485 g/mol. The molecule has 31 heavy (non-hydrogen) atoms. The first-order valence-corrected chi connectivity index (χ1v) is 13.1. The highest BCUT2D eigenvalue weighted by molar-refractivity contribution is 7.99. The van der Waals surface area contributed by atoms with E-state index in [0.717, 1.165) is 30.7 Å². The number of hydrogen-bond donors (Lipinski definition) is 0. The van der Waals surface area contributed by atoms with Gasteiger partial charge in [-0.05, 0) is 54.3 Å². The lowest BCUT2D eigenvalue weighted by molar-refractivity contribution is -0.118. The van der Waals surface area contributed by atoms with Gasteiger partial charge in [0.2, 0.25) is 5.91 Å². The highest BCUT2D eigenvalue weighted by atomic mass is 35.5. The Morgan fingerprint density at radius 1 is 1.13 bits per heavy atom. The van der Waals surface area contributed by atoms with Gasteiger partial charge in [-0.25, -0.2) is 4.98 Å². The van der Waals surface area contributed by atoms with Crippen molar-refractivity contribution < 1.29 is 4.79 Å². The summed E-state index contributed by atoms with van der Waals surface area (Å²) in [5.41, 5.74) is 1.93. The number of para-hydroxylation sites is 1. The number of hydrogen-bond acceptors (Lipinski definition) is 6. The Labute approximate surface area is 199 Å². The molecule has 0 saturated heterocycles. The fourth-order valence-electron chi connectivity index (χ4n) is 3.05. The van der Waals surface area contributed by atoms with Gasteiger partial charge in [0, 0.05) is 39.4 Å². The van der Waals surface area contributed by atoms with Crippen LogP contribution in [0.15, 0.2) is 76.8 Å². The van der Waals surface area contributed by atoms with E-state index in [0.29, 0.717) is 23.7 Å². The number of fused-ring (bicyclic) bond motifs is 1. The van der Waals surface area contributed by atoms with Gasteiger partial charge in [0.1, 0.15) is 0 Å². The molecule has 0 saturated carbocycles. The Balaban J connectivity index is 1.55. The lowest BCUT2D eigenvalue weighted by Crippen LogP contribution is -2.30. The van der Waals surface area contributed by atoms with Crippen molar-refractivity contribution in [2.75, 3.05) is 16.9 Å². The molecule has 158 valence electrons. The van der Waals surface area contributed by atoms with E-state index in [9.17, 15) is 4.79 Å². The van der Waals surface area contributed by atoms with E-state index in [1.54, 1.807) is 52.2 Å². The number of rotatable bonds is 8. The number of amides is 1. The fraction of sp³-hybridized carbons (Fsp3) is 0.174. The van der Waals surface area contributed by atoms with E-state index in [4.69, 9.17) is 16.6 Å². The van der Waals surface area contributed by atoms with Gasteiger partial charge in [0.15, 0.2) is 5.13 Å². The van der Waals surface area contributed by atoms with Crippen LogP contribution in [-0.2, 0) is 11.3 Å². The number of thiazole rings is 1. The predicted molar refractivity (Wildman–Crippen MR) is 134 cm³/mol. The van der Waals surface area contributed by atoms with Gasteiger partial charge in [-0.3, -0.25) is 14.7 Å². The van der Waals surface area contributed by atoms with Gasteiger partial charge >= 0.3 is 0 Å². The molecular weight excluding hydrogens is 466 g/mol. The molecule has 0 radical (unpaired) electrons. The van der Waals surface area contributed by atoms with Gasteiger partial charge in [-0.1, -0.05) is 35.1 Å². The maximum absolute atomic E-state index is 13.3. The van der Waals surface area contributed by atoms with Crippen LogP contribution in [0.1, 0.15) is 12.0 Å². The van der Waals surface area contributed by atoms with Gasteiger partial charge in [0.25, 0.3) is 0 Å². The van der Waals surface area contributed by atoms with Crippen molar-refractivity contribution in [1.82, 2.24) is 9.97 Å². The largest absolute Gasteiger partial charge is 0.284 e. The van der Waals surface area contributed by atoms with Crippen molar-refractivity contribution in [3.8, 4) is 0 Å². The van der Waals surface area contributed by atoms with Crippen LogP contribution in [0.4, 0.5) is 5.13 Å². The Kier molecular flexibility index (Phi) is 7.50. The molecule has 1 amide bonds. The molecule has 0 N–H and O–H groups in total. The number of carbonyl (C=O) groups excluding carboxylic acids is 1. The minimum Gasteiger partial charge on any atom is -0.284 e. The summed E-state index contributed by atoms with van der Waals surface area (Å²) < 4.78 is 1.08. The molecule has 0 aliphatic heterocycles. The van der Waals surface area contributed by atoms with E-state index < -0.39 is 0 Å². The van der Waals surface area contributed by atoms with Crippen LogP contribution in [0.5, 0.6) is 0 Å². The van der Waals surface area contributed by atoms with Crippen LogP contribution in [-0.4, -0.2) is 27.9 Å². The first kappa shape index (κ1) is 22.1. The van der Waals surface area contributed by atoms with E-state index in [1.165, 1.54) is 0 Å². The van der Waals surface area contributed by atoms with E-state index in [2.05, 4.69) is 17.1 Å². The van der Waals surface area contributed by atoms with Crippen molar-refractivity contribution in [1.29, 1.82) is 0 Å². The van der Waals surface area contributed by atoms with Crippen molar-refractivity contribution in [2.24, 2.45) is 0 Å². The van der Waals surface area contributed by atoms with Gasteiger partial charge < -0.3 is 0 Å². The van der Waals surface area contributed by atoms with Gasteiger partial charge in [-0.2, -0.15) is 0 Å². The number of nitrogens with zero attached hydrogens (tertiary/aromatic N) is 3. The average molecular weight is 486 g/mol. The summed E-state index contributed by atoms with van der Waals surface area (Å²) in [6, 6.07) is 17.7. The molecule has 0 aliphatic rings. The normalized spacial score (nSPS) is 11.0. The standard InChI is InChI=1S/C23H20ClN3OS3/c1-29-19-5-2-6-20-22(19)26-23(31-20)27(15-16-4-3-12-25-14-16)21(28)11-13-30-18-9-7-17(24)8-10-18/h2-10,12,14H,11,13,15H2,1H3. The van der Waals surface area contributed by atoms with Crippen molar-refractivity contribution >= 4 is 67.7 Å². The molecule has 0 unspecified atom stereocenters. The highest BCUT2D eigenvalue weighted by Crippen LogP contribution is 2.35. The molecule has 2 aromatic heterocycles. The quantitative estimate of drug-likeness (QED) is 0.257. The second-order valence-corrected chi connectivity index (χ2v) is 10.2. The van der Waals surface area contributed by atoms with Crippen LogP contribution in [0, 0.1) is 0 Å². The molecule has 8 heteroatoms. The zero-order valence-electron chi connectivity index (χ0n) is 16.8. The number of thioether (sulfide) groups is 2. The van der Waals surface area contributed by atoms with E-state index in [1.807, 2.05) is 48.7 Å². The molecule has 0 atom stereocenters. The second-order valence-electron chi connectivity index (χ2n) is 6.70. The van der Waals surface area contributed by atoms with E-state index in [-0.39, 0.29) is 5.91 Å². The summed E-state index contributed by atoms with van der Waals surface area (Å²) >= 11 is 10.8.